The van der Waals surface area contributed by atoms with Gasteiger partial charge in [0.2, 0.25) is 0 Å². The summed E-state index contributed by atoms with van der Waals surface area (Å²) in [6.45, 7) is 5.84. The summed E-state index contributed by atoms with van der Waals surface area (Å²) in [5, 5.41) is 8.82. The molecule has 0 aliphatic rings. The molecule has 1 rings (SSSR count). The Morgan fingerprint density at radius 2 is 1.89 bits per heavy atom. The summed E-state index contributed by atoms with van der Waals surface area (Å²) >= 11 is 0. The second kappa shape index (κ2) is 5.29. The predicted molar refractivity (Wildman–Crippen MR) is 66.0 cm³/mol. The topological polar surface area (TPSA) is 37.3 Å². The molecule has 0 fully saturated rings. The van der Waals surface area contributed by atoms with E-state index < -0.39 is 17.6 Å². The van der Waals surface area contributed by atoms with Crippen molar-refractivity contribution in [2.45, 2.75) is 27.2 Å². The van der Waals surface area contributed by atoms with Crippen LogP contribution in [0, 0.1) is 17.0 Å². The van der Waals surface area contributed by atoms with E-state index in [0.717, 1.165) is 18.2 Å². The molecule has 0 aromatic heterocycles. The fourth-order valence-corrected chi connectivity index (χ4v) is 1.65. The van der Waals surface area contributed by atoms with Crippen LogP contribution in [-0.4, -0.2) is 11.1 Å². The van der Waals surface area contributed by atoms with Crippen LogP contribution in [0.25, 0.3) is 5.57 Å². The van der Waals surface area contributed by atoms with E-state index in [1.807, 2.05) is 20.8 Å². The van der Waals surface area contributed by atoms with Crippen LogP contribution in [0.3, 0.4) is 0 Å². The van der Waals surface area contributed by atoms with Gasteiger partial charge in [0.05, 0.1) is 0 Å². The lowest BCUT2D eigenvalue weighted by atomic mass is 9.85. The summed E-state index contributed by atoms with van der Waals surface area (Å²) in [7, 11) is 0. The Bertz CT molecular complexity index is 485. The molecule has 1 aromatic rings. The maximum atomic E-state index is 13.2. The Morgan fingerprint density at radius 1 is 1.28 bits per heavy atom. The average molecular weight is 254 g/mol. The lowest BCUT2D eigenvalue weighted by Crippen LogP contribution is -2.07. The molecule has 2 nitrogen and oxygen atoms in total. The maximum Gasteiger partial charge on any atom is 0.328 e. The first-order chi connectivity index (χ1) is 8.19. The van der Waals surface area contributed by atoms with Gasteiger partial charge in [0, 0.05) is 6.08 Å². The number of carboxylic acid groups (broad SMARTS) is 1. The molecule has 1 N–H and O–H groups in total. The zero-order chi connectivity index (χ0) is 13.9. The Hall–Kier alpha value is -1.71. The van der Waals surface area contributed by atoms with Gasteiger partial charge in [-0.3, -0.25) is 0 Å². The molecule has 0 saturated heterocycles. The quantitative estimate of drug-likeness (QED) is 0.831. The molecular formula is C14H16F2O2. The summed E-state index contributed by atoms with van der Waals surface area (Å²) in [6, 6.07) is 3.41. The number of hydrogen-bond donors (Lipinski definition) is 1. The van der Waals surface area contributed by atoms with E-state index in [-0.39, 0.29) is 5.41 Å². The summed E-state index contributed by atoms with van der Waals surface area (Å²) in [5.41, 5.74) is 0.728. The highest BCUT2D eigenvalue weighted by atomic mass is 19.2. The van der Waals surface area contributed by atoms with Gasteiger partial charge in [-0.05, 0) is 35.1 Å². The zero-order valence-electron chi connectivity index (χ0n) is 10.6. The average Bonchev–Trinajstić information content (AvgIpc) is 2.18. The second-order valence-electron chi connectivity index (χ2n) is 5.37. The van der Waals surface area contributed by atoms with Crippen LogP contribution in [0.15, 0.2) is 24.3 Å². The van der Waals surface area contributed by atoms with E-state index in [9.17, 15) is 13.6 Å². The molecule has 18 heavy (non-hydrogen) atoms. The number of carboxylic acids is 1. The SMILES string of the molecule is CC(C)(C)C/C(=C/C(=O)O)c1ccc(F)c(F)c1. The third-order valence-electron chi connectivity index (χ3n) is 2.31. The molecule has 0 aliphatic heterocycles. The van der Waals surface area contributed by atoms with Crippen molar-refractivity contribution in [3.63, 3.8) is 0 Å². The monoisotopic (exact) mass is 254 g/mol. The van der Waals surface area contributed by atoms with Gasteiger partial charge in [-0.2, -0.15) is 0 Å². The lowest BCUT2D eigenvalue weighted by Gasteiger charge is -2.20. The van der Waals surface area contributed by atoms with E-state index in [1.54, 1.807) is 0 Å². The number of benzene rings is 1. The highest BCUT2D eigenvalue weighted by Gasteiger charge is 2.16. The van der Waals surface area contributed by atoms with Gasteiger partial charge in [0.15, 0.2) is 11.6 Å². The fourth-order valence-electron chi connectivity index (χ4n) is 1.65. The van der Waals surface area contributed by atoms with Crippen molar-refractivity contribution in [2.75, 3.05) is 0 Å². The molecule has 0 saturated carbocycles. The minimum absolute atomic E-state index is 0.147. The molecule has 0 amide bonds. The highest BCUT2D eigenvalue weighted by molar-refractivity contribution is 5.90. The van der Waals surface area contributed by atoms with Gasteiger partial charge in [-0.1, -0.05) is 26.8 Å². The predicted octanol–water partition coefficient (Wildman–Crippen LogP) is 3.87. The van der Waals surface area contributed by atoms with Crippen LogP contribution in [0.4, 0.5) is 8.78 Å². The molecule has 0 spiro atoms. The summed E-state index contributed by atoms with van der Waals surface area (Å²) in [5.74, 6) is -3.01. The van der Waals surface area contributed by atoms with E-state index in [0.29, 0.717) is 17.6 Å². The number of hydrogen-bond acceptors (Lipinski definition) is 1. The molecule has 0 aliphatic carbocycles. The van der Waals surface area contributed by atoms with Gasteiger partial charge in [-0.15, -0.1) is 0 Å². The third kappa shape index (κ3) is 4.28. The Balaban J connectivity index is 3.18. The van der Waals surface area contributed by atoms with E-state index in [4.69, 9.17) is 5.11 Å². The molecule has 4 heteroatoms. The number of rotatable bonds is 3. The summed E-state index contributed by atoms with van der Waals surface area (Å²) in [4.78, 5) is 10.8. The van der Waals surface area contributed by atoms with Crippen LogP contribution in [0.5, 0.6) is 0 Å². The van der Waals surface area contributed by atoms with Crippen LogP contribution in [0.2, 0.25) is 0 Å². The second-order valence-corrected chi connectivity index (χ2v) is 5.37. The van der Waals surface area contributed by atoms with Crippen molar-refractivity contribution in [3.05, 3.63) is 41.5 Å². The van der Waals surface area contributed by atoms with Crippen molar-refractivity contribution >= 4 is 11.5 Å². The molecule has 98 valence electrons. The molecule has 0 bridgehead atoms. The number of allylic oxidation sites excluding steroid dienone is 1. The summed E-state index contributed by atoms with van der Waals surface area (Å²) < 4.78 is 26.0. The molecule has 0 unspecified atom stereocenters. The molecular weight excluding hydrogens is 238 g/mol. The van der Waals surface area contributed by atoms with E-state index >= 15 is 0 Å². The number of aliphatic carboxylic acids is 1. The van der Waals surface area contributed by atoms with E-state index in [2.05, 4.69) is 0 Å². The van der Waals surface area contributed by atoms with Gasteiger partial charge in [-0.25, -0.2) is 13.6 Å². The van der Waals surface area contributed by atoms with Gasteiger partial charge < -0.3 is 5.11 Å². The van der Waals surface area contributed by atoms with Crippen molar-refractivity contribution < 1.29 is 18.7 Å². The van der Waals surface area contributed by atoms with Crippen molar-refractivity contribution in [1.82, 2.24) is 0 Å². The smallest absolute Gasteiger partial charge is 0.328 e. The standard InChI is InChI=1S/C14H16F2O2/c1-14(2,3)8-10(7-13(17)18)9-4-5-11(15)12(16)6-9/h4-7H,8H2,1-3H3,(H,17,18)/b10-7-. The lowest BCUT2D eigenvalue weighted by molar-refractivity contribution is -0.131. The largest absolute Gasteiger partial charge is 0.478 e. The minimum Gasteiger partial charge on any atom is -0.478 e. The van der Waals surface area contributed by atoms with Gasteiger partial charge >= 0.3 is 5.97 Å². The highest BCUT2D eigenvalue weighted by Crippen LogP contribution is 2.30. The van der Waals surface area contributed by atoms with Crippen LogP contribution in [-0.2, 0) is 4.79 Å². The molecule has 0 radical (unpaired) electrons. The van der Waals surface area contributed by atoms with Gasteiger partial charge in [0.1, 0.15) is 0 Å². The van der Waals surface area contributed by atoms with E-state index in [1.165, 1.54) is 6.07 Å². The molecule has 0 atom stereocenters. The van der Waals surface area contributed by atoms with Crippen molar-refractivity contribution in [3.8, 4) is 0 Å². The first kappa shape index (κ1) is 14.4. The normalized spacial score (nSPS) is 12.6. The van der Waals surface area contributed by atoms with Crippen molar-refractivity contribution in [1.29, 1.82) is 0 Å². The van der Waals surface area contributed by atoms with Crippen LogP contribution >= 0.6 is 0 Å². The molecule has 1 aromatic carbocycles. The van der Waals surface area contributed by atoms with Gasteiger partial charge in [0.25, 0.3) is 0 Å². The van der Waals surface area contributed by atoms with Crippen molar-refractivity contribution in [2.24, 2.45) is 5.41 Å². The third-order valence-corrected chi connectivity index (χ3v) is 2.31. The Labute approximate surface area is 105 Å². The first-order valence-corrected chi connectivity index (χ1v) is 5.58. The van der Waals surface area contributed by atoms with Crippen LogP contribution in [0.1, 0.15) is 32.8 Å². The zero-order valence-corrected chi connectivity index (χ0v) is 10.6. The molecule has 0 heterocycles. The first-order valence-electron chi connectivity index (χ1n) is 5.58. The Morgan fingerprint density at radius 3 is 2.33 bits per heavy atom. The Kier molecular flexibility index (Phi) is 4.22. The maximum absolute atomic E-state index is 13.2. The van der Waals surface area contributed by atoms with Crippen LogP contribution < -0.4 is 0 Å². The number of halogens is 2. The summed E-state index contributed by atoms with van der Waals surface area (Å²) in [6.07, 6.45) is 1.50. The fraction of sp³-hybridized carbons (Fsp3) is 0.357. The number of carbonyl (C=O) groups is 1. The minimum atomic E-state index is -1.10.